The van der Waals surface area contributed by atoms with Crippen molar-refractivity contribution in [2.75, 3.05) is 56.5 Å². The molecule has 3 N–H and O–H groups in total. The minimum Gasteiger partial charge on any atom is -0.494 e. The van der Waals surface area contributed by atoms with E-state index in [-0.39, 0.29) is 61.8 Å². The van der Waals surface area contributed by atoms with Crippen molar-refractivity contribution >= 4 is 63.7 Å². The Morgan fingerprint density at radius 2 is 1.69 bits per heavy atom. The summed E-state index contributed by atoms with van der Waals surface area (Å²) in [6.07, 6.45) is -2.09. The first kappa shape index (κ1) is 57.0. The number of rotatable bonds is 22. The molecule has 0 radical (unpaired) electrons. The summed E-state index contributed by atoms with van der Waals surface area (Å²) in [5.74, 6) is -3.64. The SMILES string of the molecule is COc1cc(OCCCCCOCCCOCC(=O)N[C@H](C(=O)N2C[C@H](O)C[C@H]2C(=O)NCc2ccc(-c3scnc3C)cc2)C(C)(C)C)ncc1N1C(=S)N(c2ccc(C#N)c(C(F)(F)F)c2F)C(=O)C1(C)C. The Balaban J connectivity index is 0.880. The van der Waals surface area contributed by atoms with Crippen molar-refractivity contribution in [1.82, 2.24) is 25.5 Å². The second-order valence-electron chi connectivity index (χ2n) is 19.3. The molecular weight excluding hydrogens is 1010 g/mol. The van der Waals surface area contributed by atoms with Crippen LogP contribution in [0.1, 0.15) is 89.1 Å². The third-order valence-electron chi connectivity index (χ3n) is 12.4. The summed E-state index contributed by atoms with van der Waals surface area (Å²) < 4.78 is 79.6. The number of ether oxygens (including phenoxy) is 4. The molecule has 2 fully saturated rings. The van der Waals surface area contributed by atoms with Crippen LogP contribution in [0, 0.1) is 29.5 Å². The number of unbranched alkanes of at least 4 members (excludes halogenated alkanes) is 2. The summed E-state index contributed by atoms with van der Waals surface area (Å²) in [7, 11) is 1.36. The fraction of sp³-hybridized carbons (Fsp3) is 0.490. The molecule has 0 saturated carbocycles. The van der Waals surface area contributed by atoms with Gasteiger partial charge >= 0.3 is 6.18 Å². The molecule has 4 amide bonds. The number of likely N-dealkylation sites (tertiary alicyclic amines) is 1. The van der Waals surface area contributed by atoms with Crippen LogP contribution in [0.4, 0.5) is 28.9 Å². The molecule has 0 unspecified atom stereocenters. The van der Waals surface area contributed by atoms with Crippen molar-refractivity contribution in [1.29, 1.82) is 5.26 Å². The maximum Gasteiger partial charge on any atom is 0.420 e. The van der Waals surface area contributed by atoms with Gasteiger partial charge in [-0.25, -0.2) is 14.4 Å². The van der Waals surface area contributed by atoms with Crippen LogP contribution in [0.3, 0.4) is 0 Å². The van der Waals surface area contributed by atoms with E-state index in [0.29, 0.717) is 31.0 Å². The number of thiazole rings is 1. The summed E-state index contributed by atoms with van der Waals surface area (Å²) >= 11 is 7.09. The third-order valence-corrected chi connectivity index (χ3v) is 13.8. The van der Waals surface area contributed by atoms with Crippen molar-refractivity contribution < 1.29 is 60.8 Å². The standard InChI is InChI=1S/C51H60F4N8O9S2/c1-30-43(74-29-59-30)32-14-12-31(13-15-32)25-58-45(66)36-22-34(64)27-61(36)46(67)44(49(2,3)4)60-39(65)28-71-20-11-19-70-18-9-8-10-21-72-40-23-38(69-7)37(26-57-40)63-48(73)62(47(68)50(63,5)6)35-17-16-33(24-56)41(42(35)52)51(53,54)55/h12-17,23,26,29,34,36,44,64H,8-11,18-22,25,27-28H2,1-7H3,(H,58,66)(H,60,65)/t34-,36+,44-/m1/s1. The molecule has 4 heterocycles. The minimum absolute atomic E-state index is 0.0447. The van der Waals surface area contributed by atoms with Gasteiger partial charge in [-0.1, -0.05) is 45.0 Å². The van der Waals surface area contributed by atoms with Crippen LogP contribution in [-0.2, 0) is 41.4 Å². The van der Waals surface area contributed by atoms with E-state index in [1.807, 2.05) is 31.2 Å². The van der Waals surface area contributed by atoms with Crippen LogP contribution in [0.15, 0.2) is 54.2 Å². The first-order chi connectivity index (χ1) is 35.0. The molecule has 2 aliphatic rings. The Hall–Kier alpha value is -6.32. The third kappa shape index (κ3) is 13.3. The normalized spacial score (nSPS) is 17.1. The summed E-state index contributed by atoms with van der Waals surface area (Å²) in [5, 5.41) is 25.1. The van der Waals surface area contributed by atoms with E-state index in [4.69, 9.17) is 31.2 Å². The molecule has 0 spiro atoms. The number of amides is 4. The Bertz CT molecular complexity index is 2730. The second kappa shape index (κ2) is 24.4. The molecule has 6 rings (SSSR count). The van der Waals surface area contributed by atoms with Crippen molar-refractivity contribution in [2.45, 2.75) is 110 Å². The van der Waals surface area contributed by atoms with Crippen LogP contribution in [0.2, 0.25) is 0 Å². The summed E-state index contributed by atoms with van der Waals surface area (Å²) in [6.45, 7) is 11.5. The van der Waals surface area contributed by atoms with Crippen molar-refractivity contribution in [3.63, 3.8) is 0 Å². The van der Waals surface area contributed by atoms with E-state index in [9.17, 15) is 42.7 Å². The Morgan fingerprint density at radius 3 is 2.34 bits per heavy atom. The van der Waals surface area contributed by atoms with Gasteiger partial charge in [-0.3, -0.25) is 29.0 Å². The Morgan fingerprint density at radius 1 is 1.00 bits per heavy atom. The maximum atomic E-state index is 15.5. The summed E-state index contributed by atoms with van der Waals surface area (Å²) in [4.78, 5) is 67.1. The number of benzene rings is 2. The van der Waals surface area contributed by atoms with Gasteiger partial charge in [0.15, 0.2) is 10.9 Å². The highest BCUT2D eigenvalue weighted by atomic mass is 32.1. The maximum absolute atomic E-state index is 15.5. The van der Waals surface area contributed by atoms with Gasteiger partial charge in [0.2, 0.25) is 23.6 Å². The monoisotopic (exact) mass is 1070 g/mol. The average molecular weight is 1070 g/mol. The predicted molar refractivity (Wildman–Crippen MR) is 271 cm³/mol. The van der Waals surface area contributed by atoms with Gasteiger partial charge in [0, 0.05) is 45.4 Å². The molecule has 2 aliphatic heterocycles. The molecule has 0 bridgehead atoms. The highest BCUT2D eigenvalue weighted by Crippen LogP contribution is 2.44. The molecule has 17 nitrogen and oxygen atoms in total. The number of aryl methyl sites for hydroxylation is 1. The number of aromatic nitrogens is 2. The number of alkyl halides is 3. The summed E-state index contributed by atoms with van der Waals surface area (Å²) in [5.41, 5.74) is -0.939. The van der Waals surface area contributed by atoms with E-state index in [2.05, 4.69) is 20.6 Å². The molecule has 0 aliphatic carbocycles. The van der Waals surface area contributed by atoms with Crippen LogP contribution in [-0.4, -0.2) is 119 Å². The van der Waals surface area contributed by atoms with Gasteiger partial charge in [-0.05, 0) is 87.3 Å². The molecule has 74 heavy (non-hydrogen) atoms. The first-order valence-electron chi connectivity index (χ1n) is 23.8. The van der Waals surface area contributed by atoms with Crippen LogP contribution in [0.5, 0.6) is 11.6 Å². The van der Waals surface area contributed by atoms with Crippen molar-refractivity contribution in [2.24, 2.45) is 5.41 Å². The van der Waals surface area contributed by atoms with Gasteiger partial charge in [0.05, 0.1) is 59.4 Å². The van der Waals surface area contributed by atoms with Gasteiger partial charge in [0.1, 0.15) is 41.2 Å². The topological polar surface area (TPSA) is 209 Å². The zero-order valence-electron chi connectivity index (χ0n) is 42.1. The highest BCUT2D eigenvalue weighted by molar-refractivity contribution is 7.81. The minimum atomic E-state index is -5.22. The number of aliphatic hydroxyl groups is 1. The summed E-state index contributed by atoms with van der Waals surface area (Å²) in [6, 6.07) is 10.4. The molecule has 2 saturated heterocycles. The molecule has 23 heteroatoms. The zero-order chi connectivity index (χ0) is 54.1. The quantitative estimate of drug-likeness (QED) is 0.0403. The van der Waals surface area contributed by atoms with Crippen LogP contribution < -0.4 is 29.9 Å². The number of halogens is 4. The number of thiocarbonyl (C=S) groups is 1. The van der Waals surface area contributed by atoms with Gasteiger partial charge < -0.3 is 39.6 Å². The van der Waals surface area contributed by atoms with E-state index >= 15 is 4.39 Å². The smallest absolute Gasteiger partial charge is 0.420 e. The Kier molecular flexibility index (Phi) is 18.7. The number of aliphatic hydroxyl groups excluding tert-OH is 1. The fourth-order valence-corrected chi connectivity index (χ4v) is 9.83. The van der Waals surface area contributed by atoms with E-state index < -0.39 is 81.6 Å². The van der Waals surface area contributed by atoms with E-state index in [1.165, 1.54) is 49.1 Å². The molecule has 2 aromatic heterocycles. The lowest BCUT2D eigenvalue weighted by molar-refractivity contribution is -0.144. The van der Waals surface area contributed by atoms with E-state index in [1.54, 1.807) is 37.6 Å². The van der Waals surface area contributed by atoms with Gasteiger partial charge in [-0.2, -0.15) is 18.4 Å². The zero-order valence-corrected chi connectivity index (χ0v) is 43.8. The van der Waals surface area contributed by atoms with Crippen molar-refractivity contribution in [3.05, 3.63) is 82.4 Å². The number of hydrogen-bond acceptors (Lipinski definition) is 14. The number of methoxy groups -OCH3 is 1. The van der Waals surface area contributed by atoms with Gasteiger partial charge in [-0.15, -0.1) is 11.3 Å². The number of hydrogen-bond donors (Lipinski definition) is 3. The lowest BCUT2D eigenvalue weighted by atomic mass is 9.85. The first-order valence-corrected chi connectivity index (χ1v) is 25.1. The molecule has 4 aromatic rings. The van der Waals surface area contributed by atoms with Crippen LogP contribution in [0.25, 0.3) is 10.4 Å². The molecule has 3 atom stereocenters. The molecular formula is C51H60F4N8O9S2. The van der Waals surface area contributed by atoms with E-state index in [0.717, 1.165) is 46.7 Å². The number of carbonyl (C=O) groups is 4. The highest BCUT2D eigenvalue weighted by Gasteiger charge is 2.53. The number of nitriles is 1. The lowest BCUT2D eigenvalue weighted by Gasteiger charge is -2.35. The van der Waals surface area contributed by atoms with Gasteiger partial charge in [0.25, 0.3) is 5.91 Å². The number of nitrogens with zero attached hydrogens (tertiary/aromatic N) is 6. The number of carbonyl (C=O) groups excluding carboxylic acids is 4. The fourth-order valence-electron chi connectivity index (χ4n) is 8.51. The van der Waals surface area contributed by atoms with Crippen molar-refractivity contribution in [3.8, 4) is 28.1 Å². The number of β-amino-alcohol motifs (C(OH)–C–C–N with tert-alkyl or cyclic N) is 1. The average Bonchev–Trinajstić information content (AvgIpc) is 4.01. The number of pyridine rings is 1. The van der Waals surface area contributed by atoms with Crippen LogP contribution >= 0.6 is 23.6 Å². The predicted octanol–water partition coefficient (Wildman–Crippen LogP) is 7.25. The Labute approximate surface area is 436 Å². The number of nitrogens with one attached hydrogen (secondary N) is 2. The number of anilines is 2. The largest absolute Gasteiger partial charge is 0.494 e. The molecule has 398 valence electrons. The lowest BCUT2D eigenvalue weighted by Crippen LogP contribution is -2.58. The molecule has 2 aromatic carbocycles. The second-order valence-corrected chi connectivity index (χ2v) is 20.5.